The van der Waals surface area contributed by atoms with Gasteiger partial charge in [0.25, 0.3) is 0 Å². The van der Waals surface area contributed by atoms with Crippen LogP contribution in [0.4, 0.5) is 12.9 Å². The van der Waals surface area contributed by atoms with Crippen molar-refractivity contribution in [1.82, 2.24) is 0 Å². The van der Waals surface area contributed by atoms with Gasteiger partial charge < -0.3 is 9.47 Å². The second kappa shape index (κ2) is 13.4. The second-order valence-electron chi connectivity index (χ2n) is 1.98. The molecular weight excluding hydrogens is 172 g/mol. The van der Waals surface area contributed by atoms with E-state index in [4.69, 9.17) is 4.74 Å². The number of hydrogen-bond acceptors (Lipinski definition) is 2. The van der Waals surface area contributed by atoms with Gasteiger partial charge in [-0.2, -0.15) is 0 Å². The van der Waals surface area contributed by atoms with Gasteiger partial charge in [-0.05, 0) is 12.8 Å². The van der Waals surface area contributed by atoms with E-state index in [0.717, 1.165) is 13.2 Å². The molecule has 1 fully saturated rings. The Bertz CT molecular complexity index is 61.4. The number of rotatable bonds is 0. The van der Waals surface area contributed by atoms with Crippen LogP contribution < -0.4 is 0 Å². The highest BCUT2D eigenvalue weighted by molar-refractivity contribution is 6.33. The van der Waals surface area contributed by atoms with Crippen molar-refractivity contribution in [3.05, 3.63) is 0 Å². The summed E-state index contributed by atoms with van der Waals surface area (Å²) in [7, 11) is -0.417. The van der Waals surface area contributed by atoms with Crippen LogP contribution in [-0.2, 0) is 9.47 Å². The minimum atomic E-state index is -3.67. The molecule has 12 heavy (non-hydrogen) atoms. The topological polar surface area (TPSA) is 18.5 Å². The van der Waals surface area contributed by atoms with Crippen LogP contribution in [0.5, 0.6) is 0 Å². The van der Waals surface area contributed by atoms with Crippen LogP contribution in [-0.4, -0.2) is 35.0 Å². The molecule has 1 heterocycles. The summed E-state index contributed by atoms with van der Waals surface area (Å²) in [4.78, 5) is 0. The summed E-state index contributed by atoms with van der Waals surface area (Å²) < 4.78 is 38.2. The van der Waals surface area contributed by atoms with Gasteiger partial charge in [0.15, 0.2) is 0 Å². The Morgan fingerprint density at radius 1 is 1.08 bits per heavy atom. The SMILES string of the molecule is C1CCOC1.COC.FB(F)F. The lowest BCUT2D eigenvalue weighted by Gasteiger charge is -1.76. The molecule has 0 radical (unpaired) electrons. The molecule has 0 aromatic carbocycles. The molecule has 2 nitrogen and oxygen atoms in total. The van der Waals surface area contributed by atoms with Gasteiger partial charge in [0.2, 0.25) is 0 Å². The molecule has 1 aliphatic heterocycles. The van der Waals surface area contributed by atoms with Crippen molar-refractivity contribution >= 4 is 7.54 Å². The van der Waals surface area contributed by atoms with Gasteiger partial charge in [-0.25, -0.2) is 0 Å². The van der Waals surface area contributed by atoms with Crippen molar-refractivity contribution < 1.29 is 22.4 Å². The Labute approximate surface area is 71.3 Å². The quantitative estimate of drug-likeness (QED) is 0.538. The van der Waals surface area contributed by atoms with E-state index in [-0.39, 0.29) is 0 Å². The van der Waals surface area contributed by atoms with Crippen LogP contribution in [0.2, 0.25) is 0 Å². The van der Waals surface area contributed by atoms with Gasteiger partial charge in [-0.3, -0.25) is 12.9 Å². The summed E-state index contributed by atoms with van der Waals surface area (Å²) in [6.45, 7) is 2.00. The Hall–Kier alpha value is -0.225. The third-order valence-electron chi connectivity index (χ3n) is 0.827. The van der Waals surface area contributed by atoms with E-state index < -0.39 is 7.54 Å². The molecule has 0 unspecified atom stereocenters. The molecule has 74 valence electrons. The largest absolute Gasteiger partial charge is 0.762 e. The highest BCUT2D eigenvalue weighted by atomic mass is 19.4. The highest BCUT2D eigenvalue weighted by Crippen LogP contribution is 1.98. The normalized spacial score (nSPS) is 13.8. The van der Waals surface area contributed by atoms with Gasteiger partial charge in [-0.1, -0.05) is 0 Å². The predicted molar refractivity (Wildman–Crippen MR) is 42.1 cm³/mol. The lowest BCUT2D eigenvalue weighted by atomic mass is 10.4. The Morgan fingerprint density at radius 2 is 1.33 bits per heavy atom. The number of methoxy groups -OCH3 is 1. The van der Waals surface area contributed by atoms with Crippen molar-refractivity contribution in [3.8, 4) is 0 Å². The fourth-order valence-corrected chi connectivity index (χ4v) is 0.510. The first kappa shape index (κ1) is 14.3. The van der Waals surface area contributed by atoms with Crippen LogP contribution >= 0.6 is 0 Å². The maximum absolute atomic E-state index is 9.67. The second-order valence-corrected chi connectivity index (χ2v) is 1.98. The molecule has 0 bridgehead atoms. The van der Waals surface area contributed by atoms with Gasteiger partial charge in [0, 0.05) is 27.4 Å². The fourth-order valence-electron chi connectivity index (χ4n) is 0.510. The molecule has 6 heteroatoms. The van der Waals surface area contributed by atoms with E-state index in [2.05, 4.69) is 4.74 Å². The molecule has 0 spiro atoms. The van der Waals surface area contributed by atoms with Crippen LogP contribution in [0.3, 0.4) is 0 Å². The zero-order chi connectivity index (χ0) is 9.82. The molecule has 0 amide bonds. The summed E-state index contributed by atoms with van der Waals surface area (Å²) >= 11 is 0. The molecule has 0 aromatic rings. The molecule has 0 atom stereocenters. The Morgan fingerprint density at radius 3 is 1.42 bits per heavy atom. The average Bonchev–Trinajstić information content (AvgIpc) is 2.40. The zero-order valence-electron chi connectivity index (χ0n) is 7.36. The Balaban J connectivity index is 0. The van der Waals surface area contributed by atoms with Crippen LogP contribution in [0.1, 0.15) is 12.8 Å². The molecule has 0 aliphatic carbocycles. The molecular formula is C6H14BF3O2. The summed E-state index contributed by atoms with van der Waals surface area (Å²) in [5.74, 6) is 0. The zero-order valence-corrected chi connectivity index (χ0v) is 7.36. The van der Waals surface area contributed by atoms with Crippen LogP contribution in [0.15, 0.2) is 0 Å². The van der Waals surface area contributed by atoms with Crippen molar-refractivity contribution in [2.45, 2.75) is 12.8 Å². The molecule has 1 saturated heterocycles. The number of ether oxygens (including phenoxy) is 2. The van der Waals surface area contributed by atoms with Gasteiger partial charge in [-0.15, -0.1) is 0 Å². The molecule has 0 aromatic heterocycles. The maximum Gasteiger partial charge on any atom is 0.762 e. The third-order valence-corrected chi connectivity index (χ3v) is 0.827. The van der Waals surface area contributed by atoms with E-state index in [1.807, 2.05) is 0 Å². The first-order valence-electron chi connectivity index (χ1n) is 3.55. The van der Waals surface area contributed by atoms with Crippen molar-refractivity contribution in [2.75, 3.05) is 27.4 Å². The predicted octanol–water partition coefficient (Wildman–Crippen LogP) is 1.94. The van der Waals surface area contributed by atoms with Crippen molar-refractivity contribution in [1.29, 1.82) is 0 Å². The van der Waals surface area contributed by atoms with E-state index in [1.165, 1.54) is 12.8 Å². The van der Waals surface area contributed by atoms with Gasteiger partial charge in [0.05, 0.1) is 0 Å². The number of hydrogen-bond donors (Lipinski definition) is 0. The third kappa shape index (κ3) is 33.0. The molecule has 0 N–H and O–H groups in total. The monoisotopic (exact) mass is 186 g/mol. The number of halogens is 3. The summed E-state index contributed by atoms with van der Waals surface area (Å²) in [5, 5.41) is 0. The van der Waals surface area contributed by atoms with E-state index in [1.54, 1.807) is 14.2 Å². The first-order chi connectivity index (χ1) is 5.65. The van der Waals surface area contributed by atoms with E-state index in [0.29, 0.717) is 0 Å². The first-order valence-corrected chi connectivity index (χ1v) is 3.55. The average molecular weight is 186 g/mol. The Kier molecular flexibility index (Phi) is 15.9. The summed E-state index contributed by atoms with van der Waals surface area (Å²) in [6, 6.07) is 0. The van der Waals surface area contributed by atoms with Crippen molar-refractivity contribution in [2.24, 2.45) is 0 Å². The summed E-state index contributed by atoms with van der Waals surface area (Å²) in [6.07, 6.45) is 2.56. The maximum atomic E-state index is 9.67. The van der Waals surface area contributed by atoms with E-state index in [9.17, 15) is 12.9 Å². The fraction of sp³-hybridized carbons (Fsp3) is 1.00. The van der Waals surface area contributed by atoms with Crippen LogP contribution in [0.25, 0.3) is 0 Å². The van der Waals surface area contributed by atoms with Gasteiger partial charge >= 0.3 is 7.54 Å². The molecule has 1 rings (SSSR count). The summed E-state index contributed by atoms with van der Waals surface area (Å²) in [5.41, 5.74) is 0. The lowest BCUT2D eigenvalue weighted by molar-refractivity contribution is 0.198. The lowest BCUT2D eigenvalue weighted by Crippen LogP contribution is -1.76. The minimum Gasteiger partial charge on any atom is -0.388 e. The molecule has 1 aliphatic rings. The van der Waals surface area contributed by atoms with Gasteiger partial charge in [0.1, 0.15) is 0 Å². The minimum absolute atomic E-state index is 1.00. The van der Waals surface area contributed by atoms with Crippen molar-refractivity contribution in [3.63, 3.8) is 0 Å². The highest BCUT2D eigenvalue weighted by Gasteiger charge is 2.06. The van der Waals surface area contributed by atoms with Crippen LogP contribution in [0, 0.1) is 0 Å². The molecule has 0 saturated carbocycles. The smallest absolute Gasteiger partial charge is 0.388 e. The van der Waals surface area contributed by atoms with E-state index >= 15 is 0 Å². The standard InChI is InChI=1S/C4H8O.C2H6O.BF3/c1-2-4-5-3-1;1-3-2;2-1(3)4/h1-4H2;1-2H3;.